The van der Waals surface area contributed by atoms with Gasteiger partial charge in [0.15, 0.2) is 17.7 Å². The van der Waals surface area contributed by atoms with Crippen molar-refractivity contribution in [2.24, 2.45) is 0 Å². The van der Waals surface area contributed by atoms with Crippen molar-refractivity contribution in [1.29, 1.82) is 0 Å². The number of aromatic nitrogens is 4. The van der Waals surface area contributed by atoms with E-state index in [1.165, 1.54) is 10.9 Å². The summed E-state index contributed by atoms with van der Waals surface area (Å²) in [5.41, 5.74) is 6.00. The summed E-state index contributed by atoms with van der Waals surface area (Å²) in [5, 5.41) is 20.4. The molecule has 1 aliphatic rings. The number of phosphoric ester groups is 1. The van der Waals surface area contributed by atoms with Crippen LogP contribution in [0.25, 0.3) is 11.2 Å². The van der Waals surface area contributed by atoms with E-state index in [9.17, 15) is 28.8 Å². The monoisotopic (exact) mass is 533 g/mol. The van der Waals surface area contributed by atoms with Crippen LogP contribution in [0, 0.1) is 0 Å². The number of phosphoric acid groups is 3. The van der Waals surface area contributed by atoms with E-state index in [0.717, 1.165) is 6.33 Å². The summed E-state index contributed by atoms with van der Waals surface area (Å²) in [6, 6.07) is 0. The average molecular weight is 534 g/mol. The zero-order valence-electron chi connectivity index (χ0n) is 17.6. The van der Waals surface area contributed by atoms with E-state index in [0.29, 0.717) is 0 Å². The molecule has 22 heteroatoms. The summed E-state index contributed by atoms with van der Waals surface area (Å²) in [6.07, 6.45) is -3.69. The third-order valence-corrected chi connectivity index (χ3v) is 7.62. The predicted octanol–water partition coefficient (Wildman–Crippen LogP) is -1.78. The van der Waals surface area contributed by atoms with Crippen LogP contribution in [0.4, 0.5) is 5.82 Å². The number of anilines is 1. The molecule has 3 heterocycles. The molecule has 1 fully saturated rings. The van der Waals surface area contributed by atoms with E-state index >= 15 is 0 Å². The number of aliphatic hydroxyl groups excluding tert-OH is 2. The minimum absolute atomic E-state index is 0. The fourth-order valence-electron chi connectivity index (χ4n) is 2.62. The van der Waals surface area contributed by atoms with E-state index in [2.05, 4.69) is 28.1 Å². The van der Waals surface area contributed by atoms with Crippen LogP contribution in [0.3, 0.4) is 0 Å². The second kappa shape index (κ2) is 9.95. The smallest absolute Gasteiger partial charge is 1.00 e. The van der Waals surface area contributed by atoms with Gasteiger partial charge in [-0.15, -0.1) is 0 Å². The molecule has 32 heavy (non-hydrogen) atoms. The first-order valence-electron chi connectivity index (χ1n) is 7.92. The number of aliphatic hydroxyl groups is 2. The summed E-state index contributed by atoms with van der Waals surface area (Å²) in [5.74, 6) is 0.0426. The first-order valence-corrected chi connectivity index (χ1v) is 12.4. The van der Waals surface area contributed by atoms with Gasteiger partial charge in [-0.2, -0.15) is 8.62 Å². The normalized spacial score (nSPS) is 27.6. The molecule has 0 bridgehead atoms. The molecular weight excluding hydrogens is 515 g/mol. The average Bonchev–Trinajstić information content (AvgIpc) is 3.13. The Hall–Kier alpha value is -0.594. The number of hydrogen-bond donors (Lipinski definition) is 7. The number of nitrogens with zero attached hydrogens (tertiary/aromatic N) is 4. The summed E-state index contributed by atoms with van der Waals surface area (Å²) in [7, 11) is -16.7. The van der Waals surface area contributed by atoms with E-state index in [-0.39, 0.29) is 42.9 Å². The number of nitrogens with two attached hydrogens (primary N) is 1. The number of fused-ring (bicyclic) bond motifs is 1. The first-order chi connectivity index (χ1) is 14.2. The van der Waals surface area contributed by atoms with Crippen LogP contribution in [-0.4, -0.2) is 97.3 Å². The molecule has 0 aromatic carbocycles. The first kappa shape index (κ1) is 27.6. The van der Waals surface area contributed by atoms with Crippen LogP contribution in [0.15, 0.2) is 12.7 Å². The topological polar surface area (TPSA) is 279 Å². The summed E-state index contributed by atoms with van der Waals surface area (Å²) < 4.78 is 51.9. The van der Waals surface area contributed by atoms with Crippen molar-refractivity contribution < 1.29 is 64.2 Å². The maximum Gasteiger partial charge on any atom is 2.00 e. The standard InChI is InChI=1S/C10H16N5O13P3.Mg.2H/c11-8-5-9(13-2-12-8)15(3-14-5)10-7(17)6(16)4(26-10)1-25-30(21,22)28-31(23,24)27-29(18,19)20;;;/h2-4,6-7,10,16-17H,1H2,(H,21,22)(H,23,24)(H2,11,12,13)(H2,18,19,20);;;/q;+2;2*-1/t4-,6-,7-,10-;;;/m1.../s1. The van der Waals surface area contributed by atoms with Crippen LogP contribution in [-0.2, 0) is 31.6 Å². The summed E-state index contributed by atoms with van der Waals surface area (Å²) in [6.45, 7) is -0.956. The summed E-state index contributed by atoms with van der Waals surface area (Å²) in [4.78, 5) is 47.2. The van der Waals surface area contributed by atoms with Crippen LogP contribution in [0.2, 0.25) is 0 Å². The number of rotatable bonds is 8. The van der Waals surface area contributed by atoms with Crippen LogP contribution < -0.4 is 5.73 Å². The van der Waals surface area contributed by atoms with Gasteiger partial charge in [0.05, 0.1) is 12.9 Å². The number of nitrogen functional groups attached to an aromatic ring is 1. The van der Waals surface area contributed by atoms with Crippen molar-refractivity contribution in [2.75, 3.05) is 12.3 Å². The molecule has 0 aliphatic carbocycles. The van der Waals surface area contributed by atoms with Crippen molar-refractivity contribution in [3.8, 4) is 0 Å². The molecule has 1 aliphatic heterocycles. The Kier molecular flexibility index (Phi) is 8.60. The third kappa shape index (κ3) is 6.50. The molecule has 2 aromatic rings. The Labute approximate surface area is 196 Å². The van der Waals surface area contributed by atoms with Crippen molar-refractivity contribution in [3.05, 3.63) is 12.7 Å². The Bertz CT molecular complexity index is 1120. The molecule has 2 unspecified atom stereocenters. The van der Waals surface area contributed by atoms with Crippen LogP contribution in [0.5, 0.6) is 0 Å². The fraction of sp³-hybridized carbons (Fsp3) is 0.500. The molecule has 0 amide bonds. The Morgan fingerprint density at radius 3 is 2.34 bits per heavy atom. The molecule has 8 N–H and O–H groups in total. The largest absolute Gasteiger partial charge is 2.00 e. The molecule has 6 atom stereocenters. The van der Waals surface area contributed by atoms with E-state index in [1.807, 2.05) is 0 Å². The number of ether oxygens (including phenoxy) is 1. The van der Waals surface area contributed by atoms with Gasteiger partial charge in [-0.25, -0.2) is 28.6 Å². The maximum atomic E-state index is 11.8. The van der Waals surface area contributed by atoms with Gasteiger partial charge in [0.1, 0.15) is 30.2 Å². The van der Waals surface area contributed by atoms with Gasteiger partial charge in [-0.1, -0.05) is 0 Å². The van der Waals surface area contributed by atoms with E-state index in [4.69, 9.17) is 25.2 Å². The second-order valence-electron chi connectivity index (χ2n) is 6.02. The van der Waals surface area contributed by atoms with E-state index < -0.39 is 54.6 Å². The quantitative estimate of drug-likeness (QED) is 0.146. The Morgan fingerprint density at radius 2 is 1.72 bits per heavy atom. The van der Waals surface area contributed by atoms with Gasteiger partial charge in [-0.05, 0) is 0 Å². The summed E-state index contributed by atoms with van der Waals surface area (Å²) >= 11 is 0. The molecule has 0 radical (unpaired) electrons. The van der Waals surface area contributed by atoms with Crippen molar-refractivity contribution in [3.63, 3.8) is 0 Å². The van der Waals surface area contributed by atoms with Gasteiger partial charge < -0.3 is 43.1 Å². The second-order valence-corrected chi connectivity index (χ2v) is 10.4. The van der Waals surface area contributed by atoms with Gasteiger partial charge in [-0.3, -0.25) is 9.09 Å². The van der Waals surface area contributed by atoms with Crippen molar-refractivity contribution in [1.82, 2.24) is 19.5 Å². The van der Waals surface area contributed by atoms with Crippen LogP contribution >= 0.6 is 23.5 Å². The van der Waals surface area contributed by atoms with Gasteiger partial charge in [0.25, 0.3) is 0 Å². The van der Waals surface area contributed by atoms with Crippen LogP contribution in [0.1, 0.15) is 9.08 Å². The maximum absolute atomic E-state index is 11.8. The molecule has 18 nitrogen and oxygen atoms in total. The fourth-order valence-corrected chi connectivity index (χ4v) is 5.65. The van der Waals surface area contributed by atoms with Gasteiger partial charge in [0.2, 0.25) is 0 Å². The van der Waals surface area contributed by atoms with Crippen molar-refractivity contribution >= 4 is 63.5 Å². The zero-order chi connectivity index (χ0) is 23.2. The van der Waals surface area contributed by atoms with Crippen molar-refractivity contribution in [2.45, 2.75) is 24.5 Å². The Morgan fingerprint density at radius 1 is 1.06 bits per heavy atom. The molecule has 178 valence electrons. The molecular formula is C10H18MgN5O13P3. The Balaban J connectivity index is 0.00000363. The van der Waals surface area contributed by atoms with Gasteiger partial charge >= 0.3 is 46.5 Å². The third-order valence-electron chi connectivity index (χ3n) is 3.82. The number of hydrogen-bond acceptors (Lipinski definition) is 13. The molecule has 0 spiro atoms. The molecule has 3 rings (SSSR count). The van der Waals surface area contributed by atoms with Gasteiger partial charge in [0, 0.05) is 0 Å². The van der Waals surface area contributed by atoms with E-state index in [1.54, 1.807) is 0 Å². The SMILES string of the molecule is Nc1ncnc2c1ncn2[C@@H]1O[C@H](COP(=O)(O)OP(=O)(O)OP(=O)(O)O)[C@@H](O)[C@H]1O.[H-].[H-].[Mg+2]. The molecule has 2 aromatic heterocycles. The predicted molar refractivity (Wildman–Crippen MR) is 103 cm³/mol. The minimum atomic E-state index is -5.70. The zero-order valence-corrected chi connectivity index (χ0v) is 19.7. The molecule has 1 saturated heterocycles. The number of imidazole rings is 1. The molecule has 0 saturated carbocycles. The minimum Gasteiger partial charge on any atom is -1.00 e.